The lowest BCUT2D eigenvalue weighted by molar-refractivity contribution is 0.102. The average molecular weight is 1320 g/mol. The van der Waals surface area contributed by atoms with Gasteiger partial charge in [0.15, 0.2) is 23.1 Å². The molecule has 0 spiro atoms. The maximum Gasteiger partial charge on any atom is 0.193 e. The minimum Gasteiger partial charge on any atom is -0.310 e. The minimum atomic E-state index is -0.418. The molecule has 486 valence electrons. The van der Waals surface area contributed by atoms with Crippen molar-refractivity contribution in [2.45, 2.75) is 38.5 Å². The second-order valence-electron chi connectivity index (χ2n) is 27.8. The van der Waals surface area contributed by atoms with Crippen LogP contribution in [-0.2, 0) is 10.8 Å². The molecule has 0 bridgehead atoms. The second-order valence-corrected chi connectivity index (χ2v) is 27.8. The Morgan fingerprint density at radius 3 is 0.990 bits per heavy atom. The maximum atomic E-state index is 15.1. The van der Waals surface area contributed by atoms with Gasteiger partial charge in [-0.15, -0.1) is 0 Å². The van der Waals surface area contributed by atoms with E-state index in [0.29, 0.717) is 44.5 Å². The zero-order valence-electron chi connectivity index (χ0n) is 56.6. The van der Waals surface area contributed by atoms with Crippen molar-refractivity contribution in [2.24, 2.45) is 0 Å². The monoisotopic (exact) mass is 1310 g/mol. The summed E-state index contributed by atoms with van der Waals surface area (Å²) >= 11 is 0. The molecule has 102 heavy (non-hydrogen) atoms. The highest BCUT2D eigenvalue weighted by Gasteiger charge is 2.40. The van der Waals surface area contributed by atoms with Crippen molar-refractivity contribution in [1.82, 2.24) is 9.13 Å². The van der Waals surface area contributed by atoms with Crippen molar-refractivity contribution < 1.29 is 19.2 Å². The van der Waals surface area contributed by atoms with Gasteiger partial charge in [0.1, 0.15) is 0 Å². The third kappa shape index (κ3) is 9.81. The Kier molecular flexibility index (Phi) is 14.3. The van der Waals surface area contributed by atoms with E-state index in [1.54, 1.807) is 48.5 Å². The highest BCUT2D eigenvalue weighted by atomic mass is 16.1. The quantitative estimate of drug-likeness (QED) is 0.107. The Bertz CT molecular complexity index is 6120. The predicted molar refractivity (Wildman–Crippen MR) is 414 cm³/mol. The molecule has 8 nitrogen and oxygen atoms in total. The van der Waals surface area contributed by atoms with Crippen LogP contribution in [0.25, 0.3) is 66.1 Å². The number of rotatable bonds is 13. The third-order valence-electron chi connectivity index (χ3n) is 21.2. The molecule has 14 aromatic carbocycles. The molecule has 0 N–H and O–H groups in total. The number of benzene rings is 14. The van der Waals surface area contributed by atoms with Gasteiger partial charge in [-0.25, -0.2) is 0 Å². The van der Waals surface area contributed by atoms with Gasteiger partial charge in [-0.05, 0) is 137 Å². The van der Waals surface area contributed by atoms with Gasteiger partial charge in [0.25, 0.3) is 0 Å². The van der Waals surface area contributed by atoms with Crippen LogP contribution in [0.5, 0.6) is 0 Å². The molecule has 0 aliphatic carbocycles. The van der Waals surface area contributed by atoms with Crippen molar-refractivity contribution in [3.8, 4) is 22.5 Å². The molecule has 8 heteroatoms. The van der Waals surface area contributed by atoms with Gasteiger partial charge in [-0.2, -0.15) is 0 Å². The molecule has 0 saturated heterocycles. The van der Waals surface area contributed by atoms with Gasteiger partial charge in [0.05, 0.1) is 44.8 Å². The number of fused-ring (bicyclic) bond motifs is 10. The summed E-state index contributed by atoms with van der Waals surface area (Å²) in [5.74, 6) is -0.741. The first-order valence-electron chi connectivity index (χ1n) is 34.6. The predicted octanol–water partition coefficient (Wildman–Crippen LogP) is 22.7. The summed E-state index contributed by atoms with van der Waals surface area (Å²) in [6.07, 6.45) is 0. The Morgan fingerprint density at radius 1 is 0.245 bits per heavy atom. The third-order valence-corrected chi connectivity index (χ3v) is 21.2. The molecule has 4 heterocycles. The number of para-hydroxylation sites is 7. The number of nitrogens with zero attached hydrogens (tertiary/aromatic N) is 4. The smallest absolute Gasteiger partial charge is 0.193 e. The fourth-order valence-corrected chi connectivity index (χ4v) is 16.2. The average Bonchev–Trinajstić information content (AvgIpc) is 1.31. The molecular formula is C94H66N4O4. The number of ketones is 4. The van der Waals surface area contributed by atoms with E-state index in [0.717, 1.165) is 111 Å². The molecule has 0 fully saturated rings. The fourth-order valence-electron chi connectivity index (χ4n) is 16.2. The van der Waals surface area contributed by atoms with Crippen molar-refractivity contribution in [2.75, 3.05) is 9.80 Å². The lowest BCUT2D eigenvalue weighted by atomic mass is 9.72. The lowest BCUT2D eigenvalue weighted by Crippen LogP contribution is -2.31. The summed E-state index contributed by atoms with van der Waals surface area (Å²) in [7, 11) is 0. The van der Waals surface area contributed by atoms with E-state index in [-0.39, 0.29) is 28.5 Å². The highest BCUT2D eigenvalue weighted by molar-refractivity contribution is 6.17. The Morgan fingerprint density at radius 2 is 0.549 bits per heavy atom. The second kappa shape index (κ2) is 23.9. The van der Waals surface area contributed by atoms with Gasteiger partial charge in [-0.1, -0.05) is 246 Å². The molecule has 16 aromatic rings. The van der Waals surface area contributed by atoms with Crippen LogP contribution in [0.2, 0.25) is 0 Å². The van der Waals surface area contributed by atoms with E-state index >= 15 is 4.79 Å². The largest absolute Gasteiger partial charge is 0.310 e. The van der Waals surface area contributed by atoms with Gasteiger partial charge in [-0.3, -0.25) is 19.2 Å². The topological polar surface area (TPSA) is 84.6 Å². The molecule has 2 aliphatic heterocycles. The minimum absolute atomic E-state index is 0.173. The van der Waals surface area contributed by atoms with Gasteiger partial charge >= 0.3 is 0 Å². The van der Waals surface area contributed by atoms with Crippen LogP contribution >= 0.6 is 0 Å². The van der Waals surface area contributed by atoms with Gasteiger partial charge in [0, 0.05) is 105 Å². The summed E-state index contributed by atoms with van der Waals surface area (Å²) in [5, 5.41) is 4.37. The van der Waals surface area contributed by atoms with E-state index in [2.05, 4.69) is 204 Å². The number of hydrogen-bond acceptors (Lipinski definition) is 6. The first-order chi connectivity index (χ1) is 49.8. The molecule has 0 amide bonds. The number of hydrogen-bond donors (Lipinski definition) is 0. The molecule has 0 unspecified atom stereocenters. The van der Waals surface area contributed by atoms with Crippen molar-refractivity contribution in [3.05, 3.63) is 394 Å². The van der Waals surface area contributed by atoms with Crippen molar-refractivity contribution in [1.29, 1.82) is 0 Å². The number of carbonyl (C=O) groups is 4. The van der Waals surface area contributed by atoms with Crippen LogP contribution in [0, 0.1) is 0 Å². The summed E-state index contributed by atoms with van der Waals surface area (Å²) in [6, 6.07) is 109. The van der Waals surface area contributed by atoms with Gasteiger partial charge in [0.2, 0.25) is 0 Å². The SMILES string of the molecule is CC1(C)c2ccccc2N(c2cccc(C(=O)c3cccc(C(=O)c4cccc(N5c6ccccc6C(C)(C)c6cccc(-c7ccc8c(c7)c7ccccc7n8-c7cccc(C(=O)c8cccc(C(=O)c9cccc(-n%10c%11ccccc%11c%11ccccc%11%10)c9)c8)c7)c65)c4)c3)c2)c2ccccc21. The first-order valence-corrected chi connectivity index (χ1v) is 34.6. The molecule has 0 atom stereocenters. The van der Waals surface area contributed by atoms with Crippen LogP contribution < -0.4 is 9.80 Å². The molecular weight excluding hydrogens is 1250 g/mol. The van der Waals surface area contributed by atoms with Crippen LogP contribution in [0.3, 0.4) is 0 Å². The van der Waals surface area contributed by atoms with Crippen LogP contribution in [-0.4, -0.2) is 32.3 Å². The molecule has 2 aromatic heterocycles. The van der Waals surface area contributed by atoms with Crippen LogP contribution in [0.4, 0.5) is 34.1 Å². The molecule has 0 radical (unpaired) electrons. The summed E-state index contributed by atoms with van der Waals surface area (Å²) in [6.45, 7) is 9.08. The van der Waals surface area contributed by atoms with Crippen LogP contribution in [0.15, 0.2) is 328 Å². The number of anilines is 6. The standard InChI is InChI=1S/C94H66N4O4/c1-93(2)77-40-8-14-47-85(77)97(86-48-15-9-41-78(86)93)70-34-21-30-66(56-70)91(101)62-26-18-27-63(53-62)92(102)67-31-22-35-71(57-67)98-87-49-16-10-42-79(87)94(3,4)80-43-23-39-72(88(80)98)59-50-51-84-76(58-59)75-38-7-13-46-83(75)96(84)69-33-20-29-65(55-69)90(100)61-25-17-24-60(52-61)89(99)64-28-19-32-68(54-64)95-81-44-11-5-36-73(81)74-37-6-12-45-82(74)95/h5-58H,1-4H3. The van der Waals surface area contributed by atoms with E-state index in [1.165, 1.54) is 11.1 Å². The summed E-state index contributed by atoms with van der Waals surface area (Å²) in [4.78, 5) is 63.6. The van der Waals surface area contributed by atoms with E-state index < -0.39 is 5.41 Å². The zero-order chi connectivity index (χ0) is 69.1. The van der Waals surface area contributed by atoms with Crippen LogP contribution in [0.1, 0.15) is 114 Å². The van der Waals surface area contributed by atoms with E-state index in [9.17, 15) is 14.4 Å². The van der Waals surface area contributed by atoms with Gasteiger partial charge < -0.3 is 18.9 Å². The maximum absolute atomic E-state index is 15.1. The number of aromatic nitrogens is 2. The van der Waals surface area contributed by atoms with E-state index in [1.807, 2.05) is 121 Å². The molecule has 18 rings (SSSR count). The van der Waals surface area contributed by atoms with Crippen molar-refractivity contribution >= 4 is 101 Å². The fraction of sp³-hybridized carbons (Fsp3) is 0.0638. The first kappa shape index (κ1) is 61.3. The van der Waals surface area contributed by atoms with Crippen molar-refractivity contribution in [3.63, 3.8) is 0 Å². The van der Waals surface area contributed by atoms with E-state index in [4.69, 9.17) is 0 Å². The molecule has 2 aliphatic rings. The number of carbonyl (C=O) groups excluding carboxylic acids is 4. The highest BCUT2D eigenvalue weighted by Crippen LogP contribution is 2.56. The Balaban J connectivity index is 0.659. The zero-order valence-corrected chi connectivity index (χ0v) is 56.6. The molecule has 0 saturated carbocycles. The summed E-state index contributed by atoms with van der Waals surface area (Å²) < 4.78 is 4.42. The summed E-state index contributed by atoms with van der Waals surface area (Å²) in [5.41, 5.74) is 21.4. The lowest BCUT2D eigenvalue weighted by Gasteiger charge is -2.43. The Labute approximate surface area is 590 Å². The normalized spacial score (nSPS) is 13.4. The Hall–Kier alpha value is -13.0.